The van der Waals surface area contributed by atoms with E-state index in [2.05, 4.69) is 39.3 Å². The predicted octanol–water partition coefficient (Wildman–Crippen LogP) is 3.62. The van der Waals surface area contributed by atoms with Crippen molar-refractivity contribution in [2.45, 2.75) is 23.9 Å². The van der Waals surface area contributed by atoms with Crippen molar-refractivity contribution in [2.75, 3.05) is 17.6 Å². The summed E-state index contributed by atoms with van der Waals surface area (Å²) >= 11 is 2.47. The number of anilines is 1. The molecule has 0 unspecified atom stereocenters. The molecule has 0 saturated carbocycles. The number of hydrogen-bond donors (Lipinski definition) is 2. The molecule has 0 radical (unpaired) electrons. The fraction of sp³-hybridized carbons (Fsp3) is 0.250. The van der Waals surface area contributed by atoms with Gasteiger partial charge in [0.25, 0.3) is 15.9 Å². The molecule has 2 aromatic carbocycles. The zero-order valence-corrected chi connectivity index (χ0v) is 19.0. The van der Waals surface area contributed by atoms with E-state index >= 15 is 0 Å². The monoisotopic (exact) mass is 462 g/mol. The fourth-order valence-corrected chi connectivity index (χ4v) is 5.54. The quantitative estimate of drug-likeness (QED) is 0.372. The van der Waals surface area contributed by atoms with E-state index in [1.165, 1.54) is 11.1 Å². The lowest BCUT2D eigenvalue weighted by Gasteiger charge is -2.06. The van der Waals surface area contributed by atoms with Crippen LogP contribution in [-0.4, -0.2) is 36.8 Å². The van der Waals surface area contributed by atoms with Gasteiger partial charge in [-0.1, -0.05) is 53.3 Å². The lowest BCUT2D eigenvalue weighted by atomic mass is 10.1. The molecule has 1 amide bonds. The number of carbonyl (C=O) groups excluding carboxylic acids is 1. The van der Waals surface area contributed by atoms with Gasteiger partial charge in [-0.15, -0.1) is 10.2 Å². The van der Waals surface area contributed by atoms with E-state index in [0.717, 1.165) is 22.7 Å². The molecule has 158 valence electrons. The highest BCUT2D eigenvalue weighted by atomic mass is 32.2. The number of carbonyl (C=O) groups is 1. The second-order valence-electron chi connectivity index (χ2n) is 6.57. The second kappa shape index (κ2) is 10.2. The number of nitrogens with one attached hydrogen (secondary N) is 2. The first-order chi connectivity index (χ1) is 14.3. The third-order valence-electron chi connectivity index (χ3n) is 4.23. The molecule has 3 rings (SSSR count). The fourth-order valence-electron chi connectivity index (χ4n) is 2.51. The minimum atomic E-state index is -3.77. The first-order valence-corrected chi connectivity index (χ1v) is 12.6. The highest BCUT2D eigenvalue weighted by Gasteiger charge is 2.20. The maximum atomic E-state index is 12.4. The number of aryl methyl sites for hydroxylation is 2. The van der Waals surface area contributed by atoms with Crippen LogP contribution in [0.1, 0.15) is 27.0 Å². The number of nitrogens with zero attached hydrogens (tertiary/aromatic N) is 2. The third kappa shape index (κ3) is 6.11. The molecule has 10 heteroatoms. The number of amides is 1. The number of benzene rings is 2. The van der Waals surface area contributed by atoms with Crippen molar-refractivity contribution in [1.29, 1.82) is 0 Å². The van der Waals surface area contributed by atoms with Gasteiger partial charge in [-0.3, -0.25) is 10.1 Å². The average molecular weight is 463 g/mol. The summed E-state index contributed by atoms with van der Waals surface area (Å²) in [4.78, 5) is 12.2. The normalized spacial score (nSPS) is 11.4. The van der Waals surface area contributed by atoms with Crippen molar-refractivity contribution in [3.63, 3.8) is 0 Å². The van der Waals surface area contributed by atoms with Crippen molar-refractivity contribution >= 4 is 44.2 Å². The molecule has 1 aromatic heterocycles. The van der Waals surface area contributed by atoms with Crippen LogP contribution >= 0.6 is 23.1 Å². The molecule has 3 aromatic rings. The first kappa shape index (κ1) is 22.4. The van der Waals surface area contributed by atoms with Crippen LogP contribution in [0.5, 0.6) is 0 Å². The van der Waals surface area contributed by atoms with E-state index in [4.69, 9.17) is 0 Å². The molecule has 0 atom stereocenters. The van der Waals surface area contributed by atoms with Gasteiger partial charge in [0.15, 0.2) is 0 Å². The van der Waals surface area contributed by atoms with Gasteiger partial charge in [0, 0.05) is 23.6 Å². The van der Waals surface area contributed by atoms with Crippen molar-refractivity contribution in [1.82, 2.24) is 14.9 Å². The van der Waals surface area contributed by atoms with Gasteiger partial charge >= 0.3 is 0 Å². The topological polar surface area (TPSA) is 101 Å². The van der Waals surface area contributed by atoms with Crippen molar-refractivity contribution in [3.05, 3.63) is 70.8 Å². The van der Waals surface area contributed by atoms with Gasteiger partial charge in [0.05, 0.1) is 0 Å². The summed E-state index contributed by atoms with van der Waals surface area (Å²) in [5.41, 5.74) is 3.96. The van der Waals surface area contributed by atoms with Crippen LogP contribution in [0, 0.1) is 13.8 Å². The zero-order valence-electron chi connectivity index (χ0n) is 16.6. The summed E-state index contributed by atoms with van der Waals surface area (Å²) in [5, 5.41) is 10.2. The van der Waals surface area contributed by atoms with Crippen LogP contribution in [-0.2, 0) is 15.8 Å². The number of hydrogen-bond acceptors (Lipinski definition) is 7. The van der Waals surface area contributed by atoms with Crippen LogP contribution < -0.4 is 10.0 Å². The van der Waals surface area contributed by atoms with Crippen LogP contribution in [0.15, 0.2) is 52.9 Å². The largest absolute Gasteiger partial charge is 0.296 e. The van der Waals surface area contributed by atoms with E-state index in [1.54, 1.807) is 23.9 Å². The summed E-state index contributed by atoms with van der Waals surface area (Å²) in [6.45, 7) is 4.27. The molecular weight excluding hydrogens is 440 g/mol. The summed E-state index contributed by atoms with van der Waals surface area (Å²) in [7, 11) is -3.77. The van der Waals surface area contributed by atoms with Crippen LogP contribution in [0.25, 0.3) is 0 Å². The van der Waals surface area contributed by atoms with Crippen molar-refractivity contribution in [2.24, 2.45) is 0 Å². The van der Waals surface area contributed by atoms with E-state index < -0.39 is 10.0 Å². The smallest absolute Gasteiger partial charge is 0.269 e. The highest BCUT2D eigenvalue weighted by Crippen LogP contribution is 2.21. The first-order valence-electron chi connectivity index (χ1n) is 9.18. The Morgan fingerprint density at radius 1 is 1.07 bits per heavy atom. The number of thioether (sulfide) groups is 1. The molecular formula is C20H22N4O3S3. The summed E-state index contributed by atoms with van der Waals surface area (Å²) < 4.78 is 27.2. The molecule has 30 heavy (non-hydrogen) atoms. The van der Waals surface area contributed by atoms with Gasteiger partial charge < -0.3 is 0 Å². The maximum absolute atomic E-state index is 12.4. The standard InChI is InChI=1S/C20H22N4O3S3/c1-14-7-9-16(10-8-14)18(25)22-19-23-24-20(29-19)30(26,27)21-11-12-28-13-17-6-4-3-5-15(17)2/h3-10,21H,11-13H2,1-2H3,(H,22,23,25). The Morgan fingerprint density at radius 2 is 1.80 bits per heavy atom. The molecule has 0 fully saturated rings. The molecule has 0 aliphatic rings. The van der Waals surface area contributed by atoms with E-state index in [0.29, 0.717) is 11.3 Å². The third-order valence-corrected chi connectivity index (χ3v) is 7.90. The Hall–Kier alpha value is -2.27. The average Bonchev–Trinajstić information content (AvgIpc) is 3.19. The van der Waals surface area contributed by atoms with E-state index in [-0.39, 0.29) is 21.9 Å². The minimum absolute atomic E-state index is 0.134. The second-order valence-corrected chi connectivity index (χ2v) is 10.6. The SMILES string of the molecule is Cc1ccc(C(=O)Nc2nnc(S(=O)(=O)NCCSCc3ccccc3C)s2)cc1. The predicted molar refractivity (Wildman–Crippen MR) is 122 cm³/mol. The Morgan fingerprint density at radius 3 is 2.53 bits per heavy atom. The number of sulfonamides is 1. The molecule has 2 N–H and O–H groups in total. The lowest BCUT2D eigenvalue weighted by Crippen LogP contribution is -2.26. The van der Waals surface area contributed by atoms with Gasteiger partial charge in [-0.25, -0.2) is 13.1 Å². The Kier molecular flexibility index (Phi) is 7.59. The number of aromatic nitrogens is 2. The Labute approximate surface area is 184 Å². The highest BCUT2D eigenvalue weighted by molar-refractivity contribution is 7.98. The molecule has 0 aliphatic carbocycles. The van der Waals surface area contributed by atoms with Gasteiger partial charge in [-0.2, -0.15) is 11.8 Å². The molecule has 0 saturated heterocycles. The zero-order chi connectivity index (χ0) is 21.6. The minimum Gasteiger partial charge on any atom is -0.296 e. The Bertz CT molecular complexity index is 1110. The molecule has 0 aliphatic heterocycles. The Balaban J connectivity index is 1.49. The lowest BCUT2D eigenvalue weighted by molar-refractivity contribution is 0.102. The van der Waals surface area contributed by atoms with Crippen LogP contribution in [0.3, 0.4) is 0 Å². The maximum Gasteiger partial charge on any atom is 0.269 e. The van der Waals surface area contributed by atoms with Gasteiger partial charge in [0.2, 0.25) is 9.47 Å². The summed E-state index contributed by atoms with van der Waals surface area (Å²) in [5.74, 6) is 1.09. The molecule has 0 bridgehead atoms. The van der Waals surface area contributed by atoms with Crippen LogP contribution in [0.4, 0.5) is 5.13 Å². The van der Waals surface area contributed by atoms with Gasteiger partial charge in [-0.05, 0) is 37.1 Å². The van der Waals surface area contributed by atoms with Crippen molar-refractivity contribution in [3.8, 4) is 0 Å². The summed E-state index contributed by atoms with van der Waals surface area (Å²) in [6.07, 6.45) is 0. The van der Waals surface area contributed by atoms with Gasteiger partial charge in [0.1, 0.15) is 0 Å². The summed E-state index contributed by atoms with van der Waals surface area (Å²) in [6, 6.07) is 15.2. The molecule has 7 nitrogen and oxygen atoms in total. The van der Waals surface area contributed by atoms with Crippen LogP contribution in [0.2, 0.25) is 0 Å². The van der Waals surface area contributed by atoms with Crippen molar-refractivity contribution < 1.29 is 13.2 Å². The van der Waals surface area contributed by atoms with E-state index in [9.17, 15) is 13.2 Å². The van der Waals surface area contributed by atoms with E-state index in [1.807, 2.05) is 31.2 Å². The number of rotatable bonds is 9. The molecule has 0 spiro atoms. The molecule has 1 heterocycles.